The fourth-order valence-electron chi connectivity index (χ4n) is 4.31. The Morgan fingerprint density at radius 2 is 2.20 bits per heavy atom. The second-order valence-electron chi connectivity index (χ2n) is 8.43. The smallest absolute Gasteiger partial charge is 0.164 e. The summed E-state index contributed by atoms with van der Waals surface area (Å²) in [5.41, 5.74) is 2.55. The summed E-state index contributed by atoms with van der Waals surface area (Å²) >= 11 is 0. The molecule has 0 amide bonds. The molecule has 1 atom stereocenters. The van der Waals surface area contributed by atoms with Crippen molar-refractivity contribution in [2.24, 2.45) is 4.36 Å². The van der Waals surface area contributed by atoms with Crippen LogP contribution in [0.3, 0.4) is 0 Å². The fourth-order valence-corrected chi connectivity index (χ4v) is 6.73. The van der Waals surface area contributed by atoms with Crippen LogP contribution in [0.25, 0.3) is 22.3 Å². The highest BCUT2D eigenvalue weighted by molar-refractivity contribution is 7.95. The third-order valence-corrected chi connectivity index (χ3v) is 8.23. The number of hydrogen-bond acceptors (Lipinski definition) is 7. The minimum absolute atomic E-state index is 0.173. The molecule has 0 bridgehead atoms. The Morgan fingerprint density at radius 3 is 2.97 bits per heavy atom. The van der Waals surface area contributed by atoms with Crippen molar-refractivity contribution in [3.05, 3.63) is 36.7 Å². The van der Waals surface area contributed by atoms with Gasteiger partial charge in [0.05, 0.1) is 45.7 Å². The van der Waals surface area contributed by atoms with Gasteiger partial charge in [0, 0.05) is 47.7 Å². The highest BCUT2D eigenvalue weighted by Crippen LogP contribution is 2.34. The number of nitrogens with zero attached hydrogens (tertiary/aromatic N) is 4. The van der Waals surface area contributed by atoms with Crippen molar-refractivity contribution < 1.29 is 14.1 Å². The van der Waals surface area contributed by atoms with Crippen LogP contribution in [0.15, 0.2) is 41.0 Å². The van der Waals surface area contributed by atoms with Gasteiger partial charge >= 0.3 is 0 Å². The number of aromatic nitrogens is 3. The van der Waals surface area contributed by atoms with Crippen LogP contribution in [0.2, 0.25) is 0 Å². The van der Waals surface area contributed by atoms with Gasteiger partial charge in [0.15, 0.2) is 5.82 Å². The largest absolute Gasteiger partial charge is 0.388 e. The number of fused-ring (bicyclic) bond motifs is 1. The van der Waals surface area contributed by atoms with E-state index in [2.05, 4.69) is 26.2 Å². The zero-order valence-electron chi connectivity index (χ0n) is 17.0. The fraction of sp³-hybridized carbons (Fsp3) is 0.429. The van der Waals surface area contributed by atoms with Crippen molar-refractivity contribution in [3.8, 4) is 11.3 Å². The maximum atomic E-state index is 13.0. The molecule has 5 rings (SSSR count). The van der Waals surface area contributed by atoms with Crippen molar-refractivity contribution in [1.82, 2.24) is 15.0 Å². The molecule has 2 N–H and O–H groups in total. The molecule has 5 heterocycles. The number of morpholine rings is 1. The van der Waals surface area contributed by atoms with Crippen molar-refractivity contribution in [2.75, 3.05) is 36.2 Å². The summed E-state index contributed by atoms with van der Waals surface area (Å²) in [5.74, 6) is 0.779. The lowest BCUT2D eigenvalue weighted by molar-refractivity contribution is 0.0947. The molecule has 0 aromatic carbocycles. The van der Waals surface area contributed by atoms with E-state index in [1.165, 1.54) is 0 Å². The van der Waals surface area contributed by atoms with Gasteiger partial charge in [-0.05, 0) is 32.0 Å². The van der Waals surface area contributed by atoms with E-state index < -0.39 is 15.3 Å². The van der Waals surface area contributed by atoms with Crippen molar-refractivity contribution in [2.45, 2.75) is 25.5 Å². The van der Waals surface area contributed by atoms with Crippen LogP contribution >= 0.6 is 0 Å². The highest BCUT2D eigenvalue weighted by atomic mass is 32.2. The Balaban J connectivity index is 1.65. The second-order valence-corrected chi connectivity index (χ2v) is 10.7. The summed E-state index contributed by atoms with van der Waals surface area (Å²) < 4.78 is 23.1. The molecule has 0 aliphatic carbocycles. The summed E-state index contributed by atoms with van der Waals surface area (Å²) in [5, 5.41) is 11.0. The molecule has 0 radical (unpaired) electrons. The van der Waals surface area contributed by atoms with Crippen molar-refractivity contribution >= 4 is 32.3 Å². The van der Waals surface area contributed by atoms with E-state index in [-0.39, 0.29) is 17.5 Å². The molecule has 3 aromatic heterocycles. The molecule has 2 aliphatic heterocycles. The Morgan fingerprint density at radius 1 is 1.37 bits per heavy atom. The second kappa shape index (κ2) is 7.04. The summed E-state index contributed by atoms with van der Waals surface area (Å²) in [7, 11) is -2.49. The van der Waals surface area contributed by atoms with Crippen LogP contribution in [0, 0.1) is 0 Å². The monoisotopic (exact) mass is 427 g/mol. The van der Waals surface area contributed by atoms with E-state index in [0.29, 0.717) is 19.0 Å². The molecule has 3 aromatic rings. The van der Waals surface area contributed by atoms with E-state index in [4.69, 9.17) is 9.72 Å². The number of nitrogens with one attached hydrogen (secondary N) is 1. The lowest BCUT2D eigenvalue weighted by Crippen LogP contribution is -2.52. The van der Waals surface area contributed by atoms with Crippen molar-refractivity contribution in [3.63, 3.8) is 0 Å². The number of aliphatic hydroxyl groups is 1. The molecule has 30 heavy (non-hydrogen) atoms. The molecule has 9 heteroatoms. The maximum Gasteiger partial charge on any atom is 0.164 e. The third kappa shape index (κ3) is 3.57. The summed E-state index contributed by atoms with van der Waals surface area (Å²) in [6.07, 6.45) is 3.60. The van der Waals surface area contributed by atoms with Crippen LogP contribution in [0.1, 0.15) is 13.8 Å². The number of hydrogen-bond donors (Lipinski definition) is 2. The topological polar surface area (TPSA) is 104 Å². The predicted molar refractivity (Wildman–Crippen MR) is 118 cm³/mol. The normalized spacial score (nSPS) is 29.0. The van der Waals surface area contributed by atoms with Gasteiger partial charge in [-0.1, -0.05) is 0 Å². The van der Waals surface area contributed by atoms with Crippen LogP contribution in [0.4, 0.5) is 11.5 Å². The van der Waals surface area contributed by atoms with Crippen LogP contribution in [0.5, 0.6) is 0 Å². The van der Waals surface area contributed by atoms with Gasteiger partial charge in [0.1, 0.15) is 5.65 Å². The minimum atomic E-state index is -2.49. The SMILES string of the molecule is C[C@@H]1COCCN1c1cc(N=S2(=O)CC(C)(O)C2)nc(-c2ccnc3[nH]ccc23)c1. The highest BCUT2D eigenvalue weighted by Gasteiger charge is 2.41. The number of aromatic amines is 1. The first-order valence-electron chi connectivity index (χ1n) is 10.1. The molecule has 158 valence electrons. The molecule has 2 aliphatic rings. The van der Waals surface area contributed by atoms with Gasteiger partial charge in [0.25, 0.3) is 0 Å². The van der Waals surface area contributed by atoms with Gasteiger partial charge in [-0.2, -0.15) is 4.36 Å². The van der Waals surface area contributed by atoms with E-state index >= 15 is 0 Å². The number of H-pyrrole nitrogens is 1. The molecule has 0 spiro atoms. The van der Waals surface area contributed by atoms with Crippen molar-refractivity contribution in [1.29, 1.82) is 0 Å². The predicted octanol–water partition coefficient (Wildman–Crippen LogP) is 2.71. The standard InChI is InChI=1S/C21H25N5O3S/c1-14-11-29-8-7-26(14)15-9-18(16-3-5-22-20-17(16)4-6-23-20)24-19(10-15)25-30(28)12-21(2,27)13-30/h3-6,9-10,14,27H,7-8,11-13H2,1-2H3,(H,22,23)/t14-,21?,30?/m1/s1. The molecule has 0 unspecified atom stereocenters. The molecular weight excluding hydrogens is 402 g/mol. The average molecular weight is 428 g/mol. The average Bonchev–Trinajstić information content (AvgIpc) is 3.15. The molecule has 0 saturated carbocycles. The van der Waals surface area contributed by atoms with E-state index in [0.717, 1.165) is 34.5 Å². The third-order valence-electron chi connectivity index (χ3n) is 5.56. The summed E-state index contributed by atoms with van der Waals surface area (Å²) in [6.45, 7) is 5.89. The summed E-state index contributed by atoms with van der Waals surface area (Å²) in [6, 6.07) is 8.06. The zero-order chi connectivity index (χ0) is 20.9. The number of pyridine rings is 2. The van der Waals surface area contributed by atoms with E-state index in [1.54, 1.807) is 13.1 Å². The van der Waals surface area contributed by atoms with E-state index in [9.17, 15) is 9.32 Å². The minimum Gasteiger partial charge on any atom is -0.388 e. The van der Waals surface area contributed by atoms with Gasteiger partial charge in [-0.25, -0.2) is 14.2 Å². The Bertz CT molecular complexity index is 1210. The zero-order valence-corrected chi connectivity index (χ0v) is 17.9. The molecule has 2 fully saturated rings. The Labute approximate surface area is 175 Å². The first kappa shape index (κ1) is 19.5. The molecule has 8 nitrogen and oxygen atoms in total. The summed E-state index contributed by atoms with van der Waals surface area (Å²) in [4.78, 5) is 14.5. The lowest BCUT2D eigenvalue weighted by atomic mass is 10.1. The molecule has 2 saturated heterocycles. The maximum absolute atomic E-state index is 13.0. The Hall–Kier alpha value is -2.49. The van der Waals surface area contributed by atoms with Crippen LogP contribution < -0.4 is 4.90 Å². The van der Waals surface area contributed by atoms with Gasteiger partial charge < -0.3 is 19.7 Å². The first-order chi connectivity index (χ1) is 14.3. The quantitative estimate of drug-likeness (QED) is 0.666. The number of ether oxygens (including phenoxy) is 1. The van der Waals surface area contributed by atoms with Crippen LogP contribution in [-0.2, 0) is 14.5 Å². The number of rotatable bonds is 3. The van der Waals surface area contributed by atoms with Gasteiger partial charge in [-0.15, -0.1) is 0 Å². The van der Waals surface area contributed by atoms with Gasteiger partial charge in [0.2, 0.25) is 0 Å². The van der Waals surface area contributed by atoms with Crippen LogP contribution in [-0.4, -0.2) is 67.2 Å². The number of anilines is 1. The van der Waals surface area contributed by atoms with Gasteiger partial charge in [-0.3, -0.25) is 0 Å². The first-order valence-corrected chi connectivity index (χ1v) is 11.9. The molecular formula is C21H25N5O3S. The lowest BCUT2D eigenvalue weighted by Gasteiger charge is -2.36. The Kier molecular flexibility index (Phi) is 4.57. The van der Waals surface area contributed by atoms with E-state index in [1.807, 2.05) is 30.5 Å².